The Bertz CT molecular complexity index is 623. The molecule has 110 valence electrons. The topological polar surface area (TPSA) is 38.3 Å². The fraction of sp³-hybridized carbons (Fsp3) is 0.235. The monoisotopic (exact) mass is 287 g/mol. The third-order valence-corrected chi connectivity index (χ3v) is 3.12. The molecule has 0 radical (unpaired) electrons. The summed E-state index contributed by atoms with van der Waals surface area (Å²) in [6.07, 6.45) is 0. The predicted molar refractivity (Wildman–Crippen MR) is 79.9 cm³/mol. The summed E-state index contributed by atoms with van der Waals surface area (Å²) in [7, 11) is 0. The normalized spacial score (nSPS) is 10.2. The molecule has 0 saturated heterocycles. The Hall–Kier alpha value is -2.36. The van der Waals surface area contributed by atoms with Crippen LogP contribution >= 0.6 is 0 Å². The third kappa shape index (κ3) is 4.05. The molecule has 0 spiro atoms. The second-order valence-corrected chi connectivity index (χ2v) is 4.72. The van der Waals surface area contributed by atoms with Gasteiger partial charge < -0.3 is 10.1 Å². The number of ether oxygens (including phenoxy) is 1. The molecule has 2 rings (SSSR count). The van der Waals surface area contributed by atoms with Crippen LogP contribution in [0.3, 0.4) is 0 Å². The van der Waals surface area contributed by atoms with Gasteiger partial charge in [-0.05, 0) is 49.2 Å². The van der Waals surface area contributed by atoms with Crippen molar-refractivity contribution < 1.29 is 13.9 Å². The Morgan fingerprint density at radius 1 is 1.19 bits per heavy atom. The smallest absolute Gasteiger partial charge is 0.251 e. The first-order valence-corrected chi connectivity index (χ1v) is 6.86. The Morgan fingerprint density at radius 2 is 1.90 bits per heavy atom. The molecule has 0 aliphatic carbocycles. The van der Waals surface area contributed by atoms with Crippen LogP contribution in [0.1, 0.15) is 28.4 Å². The molecule has 3 nitrogen and oxygen atoms in total. The number of hydrogen-bond donors (Lipinski definition) is 1. The molecular formula is C17H18FNO2. The van der Waals surface area contributed by atoms with E-state index in [0.29, 0.717) is 24.3 Å². The zero-order chi connectivity index (χ0) is 15.2. The van der Waals surface area contributed by atoms with Crippen molar-refractivity contribution in [2.24, 2.45) is 0 Å². The molecule has 4 heteroatoms. The summed E-state index contributed by atoms with van der Waals surface area (Å²) in [6, 6.07) is 12.0. The van der Waals surface area contributed by atoms with Gasteiger partial charge in [0.15, 0.2) is 0 Å². The van der Waals surface area contributed by atoms with Gasteiger partial charge in [0, 0.05) is 12.1 Å². The van der Waals surface area contributed by atoms with Gasteiger partial charge in [0.2, 0.25) is 0 Å². The van der Waals surface area contributed by atoms with Gasteiger partial charge in [0.1, 0.15) is 11.6 Å². The zero-order valence-corrected chi connectivity index (χ0v) is 12.2. The van der Waals surface area contributed by atoms with E-state index in [4.69, 9.17) is 4.74 Å². The van der Waals surface area contributed by atoms with E-state index in [-0.39, 0.29) is 11.7 Å². The summed E-state index contributed by atoms with van der Waals surface area (Å²) in [6.45, 7) is 4.60. The van der Waals surface area contributed by atoms with E-state index in [1.54, 1.807) is 19.1 Å². The van der Waals surface area contributed by atoms with Crippen molar-refractivity contribution in [3.05, 3.63) is 65.0 Å². The highest BCUT2D eigenvalue weighted by Crippen LogP contribution is 2.12. The van der Waals surface area contributed by atoms with Gasteiger partial charge in [-0.15, -0.1) is 0 Å². The quantitative estimate of drug-likeness (QED) is 0.914. The molecular weight excluding hydrogens is 269 g/mol. The average Bonchev–Trinajstić information content (AvgIpc) is 2.49. The lowest BCUT2D eigenvalue weighted by atomic mass is 10.1. The molecule has 1 N–H and O–H groups in total. The summed E-state index contributed by atoms with van der Waals surface area (Å²) in [5.41, 5.74) is 1.81. The Balaban J connectivity index is 1.95. The van der Waals surface area contributed by atoms with E-state index < -0.39 is 0 Å². The first-order chi connectivity index (χ1) is 10.1. The van der Waals surface area contributed by atoms with Crippen LogP contribution in [0.4, 0.5) is 4.39 Å². The summed E-state index contributed by atoms with van der Waals surface area (Å²) in [4.78, 5) is 11.9. The Labute approximate surface area is 123 Å². The van der Waals surface area contributed by atoms with E-state index in [9.17, 15) is 9.18 Å². The minimum Gasteiger partial charge on any atom is -0.494 e. The molecule has 0 aliphatic heterocycles. The van der Waals surface area contributed by atoms with Crippen LogP contribution in [0.5, 0.6) is 5.75 Å². The second kappa shape index (κ2) is 6.88. The molecule has 0 aromatic heterocycles. The average molecular weight is 287 g/mol. The number of rotatable bonds is 5. The zero-order valence-electron chi connectivity index (χ0n) is 12.2. The lowest BCUT2D eigenvalue weighted by molar-refractivity contribution is 0.0950. The van der Waals surface area contributed by atoms with Crippen molar-refractivity contribution in [1.82, 2.24) is 5.32 Å². The number of halogens is 1. The van der Waals surface area contributed by atoms with Gasteiger partial charge in [-0.25, -0.2) is 4.39 Å². The number of benzene rings is 2. The van der Waals surface area contributed by atoms with Crippen molar-refractivity contribution >= 4 is 5.91 Å². The summed E-state index contributed by atoms with van der Waals surface area (Å²) in [5, 5.41) is 2.77. The van der Waals surface area contributed by atoms with Gasteiger partial charge in [-0.3, -0.25) is 4.79 Å². The first kappa shape index (κ1) is 15.0. The molecule has 21 heavy (non-hydrogen) atoms. The number of aryl methyl sites for hydroxylation is 1. The highest BCUT2D eigenvalue weighted by molar-refractivity contribution is 5.94. The third-order valence-electron chi connectivity index (χ3n) is 3.12. The van der Waals surface area contributed by atoms with E-state index >= 15 is 0 Å². The molecule has 1 amide bonds. The van der Waals surface area contributed by atoms with E-state index in [2.05, 4.69) is 5.32 Å². The minimum absolute atomic E-state index is 0.289. The van der Waals surface area contributed by atoms with Gasteiger partial charge in [0.05, 0.1) is 6.61 Å². The molecule has 2 aromatic carbocycles. The molecule has 0 bridgehead atoms. The summed E-state index contributed by atoms with van der Waals surface area (Å²) in [5.74, 6) is 0.139. The van der Waals surface area contributed by atoms with Gasteiger partial charge >= 0.3 is 0 Å². The van der Waals surface area contributed by atoms with Gasteiger partial charge in [0.25, 0.3) is 5.91 Å². The van der Waals surface area contributed by atoms with Crippen molar-refractivity contribution in [3.8, 4) is 5.75 Å². The fourth-order valence-electron chi connectivity index (χ4n) is 1.89. The van der Waals surface area contributed by atoms with Gasteiger partial charge in [-0.1, -0.05) is 18.2 Å². The number of carbonyl (C=O) groups excluding carboxylic acids is 1. The molecule has 0 aliphatic rings. The van der Waals surface area contributed by atoms with Crippen molar-refractivity contribution in [2.45, 2.75) is 20.4 Å². The van der Waals surface area contributed by atoms with Crippen LogP contribution < -0.4 is 10.1 Å². The van der Waals surface area contributed by atoms with Crippen molar-refractivity contribution in [2.75, 3.05) is 6.61 Å². The van der Waals surface area contributed by atoms with Crippen LogP contribution in [0, 0.1) is 12.7 Å². The number of hydrogen-bond acceptors (Lipinski definition) is 2. The standard InChI is InChI=1S/C17H18FNO2/c1-3-21-15-8-5-13(6-9-15)11-19-17(20)14-7-4-12(2)16(18)10-14/h4-10H,3,11H2,1-2H3,(H,19,20). The Morgan fingerprint density at radius 3 is 2.52 bits per heavy atom. The van der Waals surface area contributed by atoms with Crippen molar-refractivity contribution in [3.63, 3.8) is 0 Å². The first-order valence-electron chi connectivity index (χ1n) is 6.86. The molecule has 2 aromatic rings. The van der Waals surface area contributed by atoms with E-state index in [1.807, 2.05) is 31.2 Å². The number of carbonyl (C=O) groups is 1. The van der Waals surface area contributed by atoms with Crippen LogP contribution in [-0.2, 0) is 6.54 Å². The summed E-state index contributed by atoms with van der Waals surface area (Å²) >= 11 is 0. The molecule has 0 saturated carbocycles. The van der Waals surface area contributed by atoms with Crippen LogP contribution in [0.2, 0.25) is 0 Å². The number of amides is 1. The maximum atomic E-state index is 13.4. The number of nitrogens with one attached hydrogen (secondary N) is 1. The SMILES string of the molecule is CCOc1ccc(CNC(=O)c2ccc(C)c(F)c2)cc1. The van der Waals surface area contributed by atoms with E-state index in [0.717, 1.165) is 11.3 Å². The largest absolute Gasteiger partial charge is 0.494 e. The molecule has 0 heterocycles. The molecule has 0 atom stereocenters. The summed E-state index contributed by atoms with van der Waals surface area (Å²) < 4.78 is 18.8. The van der Waals surface area contributed by atoms with E-state index in [1.165, 1.54) is 6.07 Å². The fourth-order valence-corrected chi connectivity index (χ4v) is 1.89. The lowest BCUT2D eigenvalue weighted by Gasteiger charge is -2.07. The van der Waals surface area contributed by atoms with Crippen LogP contribution in [0.25, 0.3) is 0 Å². The molecule has 0 fully saturated rings. The lowest BCUT2D eigenvalue weighted by Crippen LogP contribution is -2.22. The minimum atomic E-state index is -0.372. The highest BCUT2D eigenvalue weighted by Gasteiger charge is 2.07. The van der Waals surface area contributed by atoms with Crippen LogP contribution in [0.15, 0.2) is 42.5 Å². The van der Waals surface area contributed by atoms with Gasteiger partial charge in [-0.2, -0.15) is 0 Å². The predicted octanol–water partition coefficient (Wildman–Crippen LogP) is 3.46. The Kier molecular flexibility index (Phi) is 4.93. The maximum absolute atomic E-state index is 13.4. The maximum Gasteiger partial charge on any atom is 0.251 e. The molecule has 0 unspecified atom stereocenters. The van der Waals surface area contributed by atoms with Crippen LogP contribution in [-0.4, -0.2) is 12.5 Å². The highest BCUT2D eigenvalue weighted by atomic mass is 19.1. The second-order valence-electron chi connectivity index (χ2n) is 4.72. The van der Waals surface area contributed by atoms with Crippen molar-refractivity contribution in [1.29, 1.82) is 0 Å².